The summed E-state index contributed by atoms with van der Waals surface area (Å²) in [5.74, 6) is 0. The van der Waals surface area contributed by atoms with Crippen LogP contribution in [0.1, 0.15) is 18.5 Å². The van der Waals surface area contributed by atoms with Crippen molar-refractivity contribution >= 4 is 44.1 Å². The molecule has 1 aliphatic rings. The number of fused-ring (bicyclic) bond motifs is 1. The first-order valence-corrected chi connectivity index (χ1v) is 8.52. The molecule has 1 fully saturated rings. The van der Waals surface area contributed by atoms with Gasteiger partial charge in [-0.3, -0.25) is 0 Å². The summed E-state index contributed by atoms with van der Waals surface area (Å²) in [6, 6.07) is 3.06. The number of benzene rings is 1. The first-order chi connectivity index (χ1) is 9.21. The topological polar surface area (TPSA) is 85.9 Å². The summed E-state index contributed by atoms with van der Waals surface area (Å²) in [6.07, 6.45) is 2.48. The van der Waals surface area contributed by atoms with Crippen molar-refractivity contribution in [3.63, 3.8) is 0 Å². The van der Waals surface area contributed by atoms with Gasteiger partial charge in [0, 0.05) is 6.26 Å². The normalized spacial score (nSPS) is 17.4. The minimum Gasteiger partial charge on any atom is -0.320 e. The van der Waals surface area contributed by atoms with Crippen LogP contribution in [0.2, 0.25) is 10.0 Å². The molecule has 2 N–H and O–H groups in total. The number of halogens is 2. The Kier molecular flexibility index (Phi) is 2.99. The average molecular weight is 332 g/mol. The molecular weight excluding hydrogens is 321 g/mol. The van der Waals surface area contributed by atoms with Crippen LogP contribution >= 0.6 is 23.2 Å². The summed E-state index contributed by atoms with van der Waals surface area (Å²) in [4.78, 5) is 8.55. The molecule has 5 nitrogen and oxygen atoms in total. The van der Waals surface area contributed by atoms with Gasteiger partial charge in [0.1, 0.15) is 0 Å². The molecule has 106 valence electrons. The predicted octanol–water partition coefficient (Wildman–Crippen LogP) is 2.29. The van der Waals surface area contributed by atoms with Crippen LogP contribution in [0.15, 0.2) is 17.2 Å². The van der Waals surface area contributed by atoms with Crippen LogP contribution in [-0.2, 0) is 15.4 Å². The quantitative estimate of drug-likeness (QED) is 0.912. The van der Waals surface area contributed by atoms with Gasteiger partial charge in [-0.1, -0.05) is 23.2 Å². The average Bonchev–Trinajstić information content (AvgIpc) is 3.07. The number of nitrogens with zero attached hydrogens (tertiary/aromatic N) is 2. The molecule has 8 heteroatoms. The lowest BCUT2D eigenvalue weighted by Gasteiger charge is -2.13. The van der Waals surface area contributed by atoms with Crippen LogP contribution in [0.4, 0.5) is 0 Å². The lowest BCUT2D eigenvalue weighted by molar-refractivity contribution is 0.588. The molecule has 1 saturated carbocycles. The van der Waals surface area contributed by atoms with Crippen molar-refractivity contribution < 1.29 is 8.42 Å². The van der Waals surface area contributed by atoms with Crippen LogP contribution in [0, 0.1) is 0 Å². The molecule has 0 radical (unpaired) electrons. The maximum absolute atomic E-state index is 11.9. The second-order valence-electron chi connectivity index (χ2n) is 5.06. The van der Waals surface area contributed by atoms with Crippen LogP contribution in [0.25, 0.3) is 11.0 Å². The Balaban J connectivity index is 2.38. The van der Waals surface area contributed by atoms with Gasteiger partial charge in [0.15, 0.2) is 14.9 Å². The molecule has 0 bridgehead atoms. The van der Waals surface area contributed by atoms with Crippen molar-refractivity contribution in [1.82, 2.24) is 9.97 Å². The van der Waals surface area contributed by atoms with Gasteiger partial charge in [-0.25, -0.2) is 18.4 Å². The van der Waals surface area contributed by atoms with E-state index in [1.54, 1.807) is 6.07 Å². The second kappa shape index (κ2) is 4.27. The predicted molar refractivity (Wildman–Crippen MR) is 77.8 cm³/mol. The van der Waals surface area contributed by atoms with Gasteiger partial charge in [0.25, 0.3) is 0 Å². The van der Waals surface area contributed by atoms with Crippen LogP contribution in [-0.4, -0.2) is 24.6 Å². The monoisotopic (exact) mass is 331 g/mol. The molecule has 0 saturated heterocycles. The number of aromatic nitrogens is 2. The molecule has 1 aliphatic carbocycles. The first-order valence-electron chi connectivity index (χ1n) is 5.87. The highest BCUT2D eigenvalue weighted by molar-refractivity contribution is 7.90. The van der Waals surface area contributed by atoms with Crippen LogP contribution < -0.4 is 5.73 Å². The van der Waals surface area contributed by atoms with Gasteiger partial charge < -0.3 is 5.73 Å². The Labute approximate surface area is 126 Å². The largest absolute Gasteiger partial charge is 0.320 e. The van der Waals surface area contributed by atoms with E-state index >= 15 is 0 Å². The smallest absolute Gasteiger partial charge is 0.194 e. The lowest BCUT2D eigenvalue weighted by Crippen LogP contribution is -2.24. The molecule has 0 unspecified atom stereocenters. The van der Waals surface area contributed by atoms with Gasteiger partial charge in [-0.15, -0.1) is 0 Å². The van der Waals surface area contributed by atoms with E-state index in [4.69, 9.17) is 28.9 Å². The highest BCUT2D eigenvalue weighted by Crippen LogP contribution is 2.44. The standard InChI is InChI=1S/C12H11Cl2N3O2S/c1-20(18,19)11-10(12(15)2-3-12)16-8-4-6(13)7(14)5-9(8)17-11/h4-5H,2-3,15H2,1H3. The molecule has 0 aliphatic heterocycles. The highest BCUT2D eigenvalue weighted by atomic mass is 35.5. The molecule has 2 aromatic rings. The van der Waals surface area contributed by atoms with Gasteiger partial charge in [-0.2, -0.15) is 0 Å². The third-order valence-electron chi connectivity index (χ3n) is 3.29. The van der Waals surface area contributed by atoms with Gasteiger partial charge in [0.2, 0.25) is 0 Å². The fourth-order valence-corrected chi connectivity index (χ4v) is 3.17. The molecule has 0 atom stereocenters. The molecule has 20 heavy (non-hydrogen) atoms. The maximum atomic E-state index is 11.9. The van der Waals surface area contributed by atoms with Crippen molar-refractivity contribution in [2.75, 3.05) is 6.26 Å². The number of hydrogen-bond acceptors (Lipinski definition) is 5. The Morgan fingerprint density at radius 3 is 2.10 bits per heavy atom. The lowest BCUT2D eigenvalue weighted by atomic mass is 10.2. The highest BCUT2D eigenvalue weighted by Gasteiger charge is 2.45. The molecular formula is C12H11Cl2N3O2S. The number of rotatable bonds is 2. The SMILES string of the molecule is CS(=O)(=O)c1nc2cc(Cl)c(Cl)cc2nc1C1(N)CC1. The summed E-state index contributed by atoms with van der Waals surface area (Å²) in [5, 5.41) is 0.561. The number of sulfone groups is 1. The van der Waals surface area contributed by atoms with Crippen molar-refractivity contribution in [3.05, 3.63) is 27.9 Å². The van der Waals surface area contributed by atoms with E-state index in [9.17, 15) is 8.42 Å². The first kappa shape index (κ1) is 14.0. The van der Waals surface area contributed by atoms with Crippen molar-refractivity contribution in [1.29, 1.82) is 0 Å². The Bertz CT molecular complexity index is 832. The number of hydrogen-bond donors (Lipinski definition) is 1. The molecule has 1 heterocycles. The maximum Gasteiger partial charge on any atom is 0.194 e. The van der Waals surface area contributed by atoms with Crippen molar-refractivity contribution in [2.45, 2.75) is 23.4 Å². The van der Waals surface area contributed by atoms with E-state index in [0.29, 0.717) is 39.6 Å². The van der Waals surface area contributed by atoms with Gasteiger partial charge in [0.05, 0.1) is 32.3 Å². The fourth-order valence-electron chi connectivity index (χ4n) is 1.99. The van der Waals surface area contributed by atoms with E-state index in [2.05, 4.69) is 9.97 Å². The minimum atomic E-state index is -3.52. The fraction of sp³-hybridized carbons (Fsp3) is 0.333. The van der Waals surface area contributed by atoms with Crippen LogP contribution in [0.5, 0.6) is 0 Å². The Hall–Kier alpha value is -0.950. The van der Waals surface area contributed by atoms with E-state index in [0.717, 1.165) is 6.26 Å². The van der Waals surface area contributed by atoms with Gasteiger partial charge >= 0.3 is 0 Å². The minimum absolute atomic E-state index is 0.0802. The van der Waals surface area contributed by atoms with E-state index in [1.807, 2.05) is 0 Å². The Morgan fingerprint density at radius 1 is 1.15 bits per heavy atom. The number of nitrogens with two attached hydrogens (primary N) is 1. The summed E-state index contributed by atoms with van der Waals surface area (Å²) < 4.78 is 23.8. The summed E-state index contributed by atoms with van der Waals surface area (Å²) in [7, 11) is -3.52. The van der Waals surface area contributed by atoms with E-state index in [-0.39, 0.29) is 5.03 Å². The van der Waals surface area contributed by atoms with Crippen molar-refractivity contribution in [2.24, 2.45) is 5.73 Å². The molecule has 0 amide bonds. The molecule has 0 spiro atoms. The molecule has 1 aromatic heterocycles. The zero-order valence-electron chi connectivity index (χ0n) is 10.5. The second-order valence-corrected chi connectivity index (χ2v) is 7.81. The van der Waals surface area contributed by atoms with Crippen molar-refractivity contribution in [3.8, 4) is 0 Å². The summed E-state index contributed by atoms with van der Waals surface area (Å²) in [6.45, 7) is 0. The molecule has 3 rings (SSSR count). The zero-order valence-corrected chi connectivity index (χ0v) is 12.8. The van der Waals surface area contributed by atoms with E-state index < -0.39 is 15.4 Å². The zero-order chi connectivity index (χ0) is 14.7. The molecule has 1 aromatic carbocycles. The third-order valence-corrected chi connectivity index (χ3v) is 5.00. The van der Waals surface area contributed by atoms with E-state index in [1.165, 1.54) is 6.07 Å². The summed E-state index contributed by atoms with van der Waals surface area (Å²) >= 11 is 11.9. The van der Waals surface area contributed by atoms with Crippen LogP contribution in [0.3, 0.4) is 0 Å². The van der Waals surface area contributed by atoms with Gasteiger partial charge in [-0.05, 0) is 25.0 Å². The summed E-state index contributed by atoms with van der Waals surface area (Å²) in [5.41, 5.74) is 6.57. The third kappa shape index (κ3) is 2.26. The Morgan fingerprint density at radius 2 is 1.65 bits per heavy atom.